The first-order valence-corrected chi connectivity index (χ1v) is 21.4. The SMILES string of the molecule is CCCCCC=CCC=CCCCCCCCCC1(CCCCCCCCC=CCC=CCCCCC)OCC2(CCC(C)(C)CC2)O1. The molecular formula is C46H82O2. The number of rotatable bonds is 30. The van der Waals surface area contributed by atoms with Gasteiger partial charge in [-0.3, -0.25) is 0 Å². The molecule has 2 nitrogen and oxygen atoms in total. The highest BCUT2D eigenvalue weighted by Crippen LogP contribution is 2.49. The molecule has 0 radical (unpaired) electrons. The normalized spacial score (nSPS) is 20.9. The van der Waals surface area contributed by atoms with Crippen LogP contribution >= 0.6 is 0 Å². The van der Waals surface area contributed by atoms with Gasteiger partial charge in [0.25, 0.3) is 0 Å². The molecule has 2 aliphatic rings. The zero-order valence-electron chi connectivity index (χ0n) is 32.9. The number of ether oxygens (including phenoxy) is 2. The summed E-state index contributed by atoms with van der Waals surface area (Å²) in [7, 11) is 0. The number of hydrogen-bond donors (Lipinski definition) is 0. The van der Waals surface area contributed by atoms with Crippen LogP contribution in [0.25, 0.3) is 0 Å². The van der Waals surface area contributed by atoms with Gasteiger partial charge in [-0.05, 0) is 108 Å². The van der Waals surface area contributed by atoms with Gasteiger partial charge < -0.3 is 9.47 Å². The fourth-order valence-electron chi connectivity index (χ4n) is 7.48. The van der Waals surface area contributed by atoms with E-state index < -0.39 is 0 Å². The monoisotopic (exact) mass is 667 g/mol. The second-order valence-electron chi connectivity index (χ2n) is 16.3. The van der Waals surface area contributed by atoms with Crippen LogP contribution in [0.5, 0.6) is 0 Å². The van der Waals surface area contributed by atoms with E-state index in [0.29, 0.717) is 5.41 Å². The van der Waals surface area contributed by atoms with Crippen LogP contribution in [0.2, 0.25) is 0 Å². The van der Waals surface area contributed by atoms with Crippen LogP contribution < -0.4 is 0 Å². The molecule has 0 aromatic heterocycles. The molecule has 1 spiro atoms. The van der Waals surface area contributed by atoms with Crippen molar-refractivity contribution in [2.24, 2.45) is 5.41 Å². The summed E-state index contributed by atoms with van der Waals surface area (Å²) in [5.41, 5.74) is 0.452. The molecule has 1 aliphatic heterocycles. The third-order valence-electron chi connectivity index (χ3n) is 11.0. The summed E-state index contributed by atoms with van der Waals surface area (Å²) in [4.78, 5) is 0. The Hall–Kier alpha value is -1.12. The lowest BCUT2D eigenvalue weighted by Gasteiger charge is -2.41. The number of hydrogen-bond acceptors (Lipinski definition) is 2. The minimum atomic E-state index is -0.314. The van der Waals surface area contributed by atoms with Crippen molar-refractivity contribution in [3.63, 3.8) is 0 Å². The Bertz CT molecular complexity index is 803. The highest BCUT2D eigenvalue weighted by molar-refractivity contribution is 4.97. The maximum absolute atomic E-state index is 7.07. The molecule has 0 aromatic carbocycles. The molecule has 2 heteroatoms. The molecule has 1 aliphatic carbocycles. The predicted octanol–water partition coefficient (Wildman–Crippen LogP) is 15.5. The Balaban J connectivity index is 1.59. The molecule has 0 N–H and O–H groups in total. The van der Waals surface area contributed by atoms with Crippen LogP contribution in [0.3, 0.4) is 0 Å². The molecule has 0 amide bonds. The summed E-state index contributed by atoms with van der Waals surface area (Å²) in [6.07, 6.45) is 57.1. The molecule has 1 saturated carbocycles. The molecule has 0 bridgehead atoms. The van der Waals surface area contributed by atoms with E-state index in [2.05, 4.69) is 76.3 Å². The molecular weight excluding hydrogens is 585 g/mol. The summed E-state index contributed by atoms with van der Waals surface area (Å²) < 4.78 is 13.8. The minimum absolute atomic E-state index is 0.00770. The van der Waals surface area contributed by atoms with Crippen molar-refractivity contribution in [2.75, 3.05) is 6.61 Å². The molecule has 0 unspecified atom stereocenters. The number of allylic oxidation sites excluding steroid dienone is 8. The van der Waals surface area contributed by atoms with Crippen molar-refractivity contribution < 1.29 is 9.47 Å². The van der Waals surface area contributed by atoms with Crippen molar-refractivity contribution in [1.82, 2.24) is 0 Å². The third-order valence-corrected chi connectivity index (χ3v) is 11.0. The van der Waals surface area contributed by atoms with Crippen LogP contribution in [0, 0.1) is 5.41 Å². The Kier molecular flexibility index (Phi) is 24.7. The Labute approximate surface area is 301 Å². The molecule has 48 heavy (non-hydrogen) atoms. The van der Waals surface area contributed by atoms with Gasteiger partial charge in [-0.15, -0.1) is 0 Å². The molecule has 2 fully saturated rings. The number of unbranched alkanes of at least 4 members (excludes halogenated alkanes) is 18. The van der Waals surface area contributed by atoms with Crippen LogP contribution in [-0.2, 0) is 9.47 Å². The highest BCUT2D eigenvalue weighted by atomic mass is 16.8. The zero-order chi connectivity index (χ0) is 34.5. The highest BCUT2D eigenvalue weighted by Gasteiger charge is 2.51. The average Bonchev–Trinajstić information content (AvgIpc) is 3.44. The van der Waals surface area contributed by atoms with Gasteiger partial charge in [0.05, 0.1) is 12.2 Å². The lowest BCUT2D eigenvalue weighted by molar-refractivity contribution is -0.205. The standard InChI is InChI=1S/C46H82O2/c1-5-7-9-11-13-15-17-19-21-23-25-27-29-31-33-35-37-46(47-43-45(48-46)41-39-44(3,4)40-42-45)38-36-34-32-30-28-26-24-22-20-18-16-14-12-10-8-6-2/h13-16,19-22H,5-12,17-18,23-43H2,1-4H3. The van der Waals surface area contributed by atoms with E-state index in [1.54, 1.807) is 0 Å². The summed E-state index contributed by atoms with van der Waals surface area (Å²) >= 11 is 0. The molecule has 2 rings (SSSR count). The van der Waals surface area contributed by atoms with Gasteiger partial charge in [-0.25, -0.2) is 0 Å². The summed E-state index contributed by atoms with van der Waals surface area (Å²) in [5.74, 6) is -0.314. The molecule has 0 atom stereocenters. The largest absolute Gasteiger partial charge is 0.347 e. The van der Waals surface area contributed by atoms with Crippen LogP contribution in [0.4, 0.5) is 0 Å². The van der Waals surface area contributed by atoms with Gasteiger partial charge in [-0.1, -0.05) is 153 Å². The van der Waals surface area contributed by atoms with Crippen molar-refractivity contribution in [3.05, 3.63) is 48.6 Å². The van der Waals surface area contributed by atoms with Gasteiger partial charge in [-0.2, -0.15) is 0 Å². The topological polar surface area (TPSA) is 18.5 Å². The van der Waals surface area contributed by atoms with Gasteiger partial charge in [0.15, 0.2) is 5.79 Å². The maximum atomic E-state index is 7.07. The van der Waals surface area contributed by atoms with Gasteiger partial charge >= 0.3 is 0 Å². The second kappa shape index (κ2) is 27.6. The fourth-order valence-corrected chi connectivity index (χ4v) is 7.48. The van der Waals surface area contributed by atoms with Gasteiger partial charge in [0.2, 0.25) is 0 Å². The van der Waals surface area contributed by atoms with Gasteiger partial charge in [0, 0.05) is 12.8 Å². The molecule has 278 valence electrons. The van der Waals surface area contributed by atoms with Crippen molar-refractivity contribution >= 4 is 0 Å². The van der Waals surface area contributed by atoms with Crippen molar-refractivity contribution in [2.45, 2.75) is 232 Å². The smallest absolute Gasteiger partial charge is 0.169 e. The first kappa shape index (κ1) is 43.0. The summed E-state index contributed by atoms with van der Waals surface area (Å²) in [5, 5.41) is 0. The first-order chi connectivity index (χ1) is 23.4. The quantitative estimate of drug-likeness (QED) is 0.0561. The Morgan fingerprint density at radius 1 is 0.438 bits per heavy atom. The molecule has 1 heterocycles. The van der Waals surface area contributed by atoms with E-state index in [-0.39, 0.29) is 11.4 Å². The maximum Gasteiger partial charge on any atom is 0.169 e. The average molecular weight is 667 g/mol. The van der Waals surface area contributed by atoms with E-state index in [9.17, 15) is 0 Å². The summed E-state index contributed by atoms with van der Waals surface area (Å²) in [6, 6.07) is 0. The predicted molar refractivity (Wildman–Crippen MR) is 213 cm³/mol. The first-order valence-electron chi connectivity index (χ1n) is 21.4. The van der Waals surface area contributed by atoms with Crippen molar-refractivity contribution in [3.8, 4) is 0 Å². The lowest BCUT2D eigenvalue weighted by Crippen LogP contribution is -2.41. The van der Waals surface area contributed by atoms with Gasteiger partial charge in [0.1, 0.15) is 0 Å². The Morgan fingerprint density at radius 3 is 1.23 bits per heavy atom. The van der Waals surface area contributed by atoms with Crippen LogP contribution in [0.1, 0.15) is 220 Å². The van der Waals surface area contributed by atoms with E-state index in [1.165, 1.54) is 167 Å². The molecule has 1 saturated heterocycles. The van der Waals surface area contributed by atoms with Crippen molar-refractivity contribution in [1.29, 1.82) is 0 Å². The van der Waals surface area contributed by atoms with E-state index in [1.807, 2.05) is 0 Å². The van der Waals surface area contributed by atoms with E-state index >= 15 is 0 Å². The van der Waals surface area contributed by atoms with Crippen LogP contribution in [0.15, 0.2) is 48.6 Å². The zero-order valence-corrected chi connectivity index (χ0v) is 32.9. The van der Waals surface area contributed by atoms with E-state index in [4.69, 9.17) is 9.47 Å². The minimum Gasteiger partial charge on any atom is -0.347 e. The fraction of sp³-hybridized carbons (Fsp3) is 0.826. The van der Waals surface area contributed by atoms with E-state index in [0.717, 1.165) is 32.3 Å². The summed E-state index contributed by atoms with van der Waals surface area (Å²) in [6.45, 7) is 10.2. The third kappa shape index (κ3) is 21.2. The second-order valence-corrected chi connectivity index (χ2v) is 16.3. The Morgan fingerprint density at radius 2 is 0.812 bits per heavy atom. The van der Waals surface area contributed by atoms with Crippen LogP contribution in [-0.4, -0.2) is 18.0 Å². The molecule has 0 aromatic rings. The lowest BCUT2D eigenvalue weighted by atomic mass is 9.71.